The highest BCUT2D eigenvalue weighted by atomic mass is 32.2. The molecule has 21 heavy (non-hydrogen) atoms. The number of amides is 2. The second-order valence-electron chi connectivity index (χ2n) is 3.93. The second-order valence-corrected chi connectivity index (χ2v) is 5.81. The predicted octanol–water partition coefficient (Wildman–Crippen LogP) is 2.59. The van der Waals surface area contributed by atoms with Crippen molar-refractivity contribution in [2.24, 2.45) is 0 Å². The molecule has 0 radical (unpaired) electrons. The summed E-state index contributed by atoms with van der Waals surface area (Å²) in [7, 11) is 0. The van der Waals surface area contributed by atoms with E-state index in [1.54, 1.807) is 11.6 Å². The molecular formula is C13H12FN3O2S2. The summed E-state index contributed by atoms with van der Waals surface area (Å²) in [6, 6.07) is 5.49. The molecule has 2 amide bonds. The normalized spacial score (nSPS) is 10.1. The molecule has 1 heterocycles. The van der Waals surface area contributed by atoms with Gasteiger partial charge in [-0.15, -0.1) is 23.1 Å². The van der Waals surface area contributed by atoms with Gasteiger partial charge < -0.3 is 10.6 Å². The number of nitrogens with one attached hydrogen (secondary N) is 2. The van der Waals surface area contributed by atoms with Crippen LogP contribution >= 0.6 is 23.1 Å². The zero-order valence-corrected chi connectivity index (χ0v) is 12.5. The Hall–Kier alpha value is -1.93. The molecule has 110 valence electrons. The topological polar surface area (TPSA) is 71.1 Å². The van der Waals surface area contributed by atoms with Gasteiger partial charge in [-0.25, -0.2) is 9.37 Å². The second kappa shape index (κ2) is 7.75. The molecule has 2 N–H and O–H groups in total. The molecule has 0 aliphatic heterocycles. The lowest BCUT2D eigenvalue weighted by molar-refractivity contribution is -0.114. The highest BCUT2D eigenvalue weighted by Crippen LogP contribution is 2.12. The van der Waals surface area contributed by atoms with Gasteiger partial charge in [0, 0.05) is 17.3 Å². The van der Waals surface area contributed by atoms with Crippen molar-refractivity contribution in [3.05, 3.63) is 41.7 Å². The monoisotopic (exact) mass is 325 g/mol. The van der Waals surface area contributed by atoms with Crippen LogP contribution in [0.15, 0.2) is 35.8 Å². The number of benzene rings is 1. The van der Waals surface area contributed by atoms with E-state index in [1.165, 1.54) is 47.4 Å². The molecule has 1 aromatic carbocycles. The van der Waals surface area contributed by atoms with Gasteiger partial charge in [0.15, 0.2) is 5.13 Å². The van der Waals surface area contributed by atoms with Gasteiger partial charge in [-0.1, -0.05) is 0 Å². The third kappa shape index (κ3) is 5.52. The highest BCUT2D eigenvalue weighted by molar-refractivity contribution is 8.00. The van der Waals surface area contributed by atoms with Crippen LogP contribution in [0.1, 0.15) is 0 Å². The smallest absolute Gasteiger partial charge is 0.236 e. The Morgan fingerprint density at radius 2 is 1.81 bits per heavy atom. The van der Waals surface area contributed by atoms with E-state index in [-0.39, 0.29) is 29.1 Å². The molecule has 2 rings (SSSR count). The van der Waals surface area contributed by atoms with E-state index in [0.717, 1.165) is 0 Å². The summed E-state index contributed by atoms with van der Waals surface area (Å²) in [5, 5.41) is 7.55. The van der Waals surface area contributed by atoms with Crippen molar-refractivity contribution in [3.8, 4) is 0 Å². The molecule has 1 aromatic heterocycles. The Labute approximate surface area is 129 Å². The van der Waals surface area contributed by atoms with Gasteiger partial charge >= 0.3 is 0 Å². The van der Waals surface area contributed by atoms with E-state index in [0.29, 0.717) is 10.8 Å². The first-order valence-electron chi connectivity index (χ1n) is 5.96. The maximum atomic E-state index is 12.7. The number of aromatic nitrogens is 1. The Morgan fingerprint density at radius 1 is 1.14 bits per heavy atom. The quantitative estimate of drug-likeness (QED) is 0.856. The van der Waals surface area contributed by atoms with Gasteiger partial charge in [0.2, 0.25) is 11.8 Å². The lowest BCUT2D eigenvalue weighted by atomic mass is 10.3. The fraction of sp³-hybridized carbons (Fsp3) is 0.154. The minimum absolute atomic E-state index is 0.142. The van der Waals surface area contributed by atoms with Gasteiger partial charge in [0.25, 0.3) is 0 Å². The van der Waals surface area contributed by atoms with Crippen molar-refractivity contribution in [3.63, 3.8) is 0 Å². The standard InChI is InChI=1S/C13H12FN3O2S2/c14-9-1-3-10(4-2-9)16-11(18)7-20-8-12(19)17-13-15-5-6-21-13/h1-6H,7-8H2,(H,16,18)(H,15,17,19). The van der Waals surface area contributed by atoms with E-state index >= 15 is 0 Å². The molecule has 0 unspecified atom stereocenters. The lowest BCUT2D eigenvalue weighted by Gasteiger charge is -2.05. The number of rotatable bonds is 6. The summed E-state index contributed by atoms with van der Waals surface area (Å²) in [6.07, 6.45) is 1.60. The predicted molar refractivity (Wildman–Crippen MR) is 83.1 cm³/mol. The van der Waals surface area contributed by atoms with E-state index < -0.39 is 0 Å². The van der Waals surface area contributed by atoms with Gasteiger partial charge in [0.1, 0.15) is 5.82 Å². The molecule has 8 heteroatoms. The average molecular weight is 325 g/mol. The van der Waals surface area contributed by atoms with Crippen LogP contribution in [0.5, 0.6) is 0 Å². The number of carbonyl (C=O) groups is 2. The molecule has 0 bridgehead atoms. The Morgan fingerprint density at radius 3 is 2.43 bits per heavy atom. The number of thioether (sulfide) groups is 1. The first kappa shape index (κ1) is 15.5. The number of hydrogen-bond donors (Lipinski definition) is 2. The maximum absolute atomic E-state index is 12.7. The number of carbonyl (C=O) groups excluding carboxylic acids is 2. The Kier molecular flexibility index (Phi) is 5.70. The Balaban J connectivity index is 1.67. The maximum Gasteiger partial charge on any atom is 0.236 e. The minimum atomic E-state index is -0.360. The molecule has 0 saturated carbocycles. The molecule has 0 saturated heterocycles. The van der Waals surface area contributed by atoms with E-state index in [9.17, 15) is 14.0 Å². The molecule has 0 aliphatic rings. The van der Waals surface area contributed by atoms with Crippen molar-refractivity contribution in [1.82, 2.24) is 4.98 Å². The van der Waals surface area contributed by atoms with E-state index in [1.807, 2.05) is 0 Å². The van der Waals surface area contributed by atoms with Crippen LogP contribution in [-0.2, 0) is 9.59 Å². The van der Waals surface area contributed by atoms with Crippen LogP contribution in [0.2, 0.25) is 0 Å². The summed E-state index contributed by atoms with van der Waals surface area (Å²) < 4.78 is 12.7. The van der Waals surface area contributed by atoms with Crippen molar-refractivity contribution in [1.29, 1.82) is 0 Å². The Bertz CT molecular complexity index is 602. The molecule has 0 atom stereocenters. The van der Waals surface area contributed by atoms with Crippen molar-refractivity contribution in [2.45, 2.75) is 0 Å². The molecule has 2 aromatic rings. The summed E-state index contributed by atoms with van der Waals surface area (Å²) in [5.74, 6) is -0.501. The van der Waals surface area contributed by atoms with Crippen LogP contribution in [0.3, 0.4) is 0 Å². The van der Waals surface area contributed by atoms with Crippen molar-refractivity contribution >= 4 is 45.7 Å². The fourth-order valence-electron chi connectivity index (χ4n) is 1.41. The number of anilines is 2. The van der Waals surface area contributed by atoms with Gasteiger partial charge in [-0.2, -0.15) is 0 Å². The minimum Gasteiger partial charge on any atom is -0.325 e. The summed E-state index contributed by atoms with van der Waals surface area (Å²) in [5.41, 5.74) is 0.522. The molecular weight excluding hydrogens is 313 g/mol. The zero-order chi connectivity index (χ0) is 15.1. The third-order valence-corrected chi connectivity index (χ3v) is 3.89. The first-order valence-corrected chi connectivity index (χ1v) is 7.99. The van der Waals surface area contributed by atoms with Crippen LogP contribution in [0, 0.1) is 5.82 Å². The largest absolute Gasteiger partial charge is 0.325 e. The van der Waals surface area contributed by atoms with Crippen molar-refractivity contribution in [2.75, 3.05) is 22.1 Å². The highest BCUT2D eigenvalue weighted by Gasteiger charge is 2.07. The molecule has 0 aliphatic carbocycles. The van der Waals surface area contributed by atoms with Crippen LogP contribution in [0.4, 0.5) is 15.2 Å². The van der Waals surface area contributed by atoms with Crippen molar-refractivity contribution < 1.29 is 14.0 Å². The number of halogens is 1. The number of nitrogens with zero attached hydrogens (tertiary/aromatic N) is 1. The number of thiazole rings is 1. The SMILES string of the molecule is O=C(CSCC(=O)Nc1nccs1)Nc1ccc(F)cc1. The van der Waals surface area contributed by atoms with Gasteiger partial charge in [-0.05, 0) is 24.3 Å². The first-order chi connectivity index (χ1) is 10.1. The zero-order valence-electron chi connectivity index (χ0n) is 10.8. The lowest BCUT2D eigenvalue weighted by Crippen LogP contribution is -2.18. The molecule has 5 nitrogen and oxygen atoms in total. The number of hydrogen-bond acceptors (Lipinski definition) is 5. The third-order valence-electron chi connectivity index (χ3n) is 2.27. The summed E-state index contributed by atoms with van der Waals surface area (Å²) >= 11 is 2.52. The van der Waals surface area contributed by atoms with Crippen LogP contribution < -0.4 is 10.6 Å². The van der Waals surface area contributed by atoms with Crippen LogP contribution in [0.25, 0.3) is 0 Å². The fourth-order valence-corrected chi connectivity index (χ4v) is 2.57. The molecule has 0 fully saturated rings. The molecule has 0 spiro atoms. The van der Waals surface area contributed by atoms with E-state index in [2.05, 4.69) is 15.6 Å². The van der Waals surface area contributed by atoms with Gasteiger partial charge in [0.05, 0.1) is 11.5 Å². The summed E-state index contributed by atoms with van der Waals surface area (Å²) in [6.45, 7) is 0. The summed E-state index contributed by atoms with van der Waals surface area (Å²) in [4.78, 5) is 27.1. The van der Waals surface area contributed by atoms with Crippen LogP contribution in [-0.4, -0.2) is 28.3 Å². The van der Waals surface area contributed by atoms with Gasteiger partial charge in [-0.3, -0.25) is 9.59 Å². The van der Waals surface area contributed by atoms with E-state index in [4.69, 9.17) is 0 Å². The average Bonchev–Trinajstić information content (AvgIpc) is 2.94.